The first-order valence-corrected chi connectivity index (χ1v) is 10.7. The van der Waals surface area contributed by atoms with E-state index in [0.29, 0.717) is 40.3 Å². The van der Waals surface area contributed by atoms with E-state index in [1.807, 2.05) is 24.3 Å². The van der Waals surface area contributed by atoms with Crippen molar-refractivity contribution in [3.05, 3.63) is 41.6 Å². The van der Waals surface area contributed by atoms with Crippen molar-refractivity contribution >= 4 is 40.1 Å². The molecule has 0 aliphatic heterocycles. The maximum Gasteiger partial charge on any atom is 0.223 e. The van der Waals surface area contributed by atoms with Crippen molar-refractivity contribution in [1.82, 2.24) is 9.97 Å². The van der Waals surface area contributed by atoms with Crippen LogP contribution in [0.2, 0.25) is 5.15 Å². The zero-order valence-corrected chi connectivity index (χ0v) is 18.6. The summed E-state index contributed by atoms with van der Waals surface area (Å²) in [6.45, 7) is 8.41. The summed E-state index contributed by atoms with van der Waals surface area (Å²) in [6, 6.07) is 7.71. The first kappa shape index (κ1) is 21.5. The first-order valence-electron chi connectivity index (χ1n) is 10.3. The molecule has 2 heterocycles. The minimum Gasteiger partial charge on any atom is -0.497 e. The van der Waals surface area contributed by atoms with Crippen LogP contribution < -0.4 is 11.1 Å². The summed E-state index contributed by atoms with van der Waals surface area (Å²) in [6.07, 6.45) is 0.836. The minimum absolute atomic E-state index is 0.0865. The molecule has 4 rings (SSSR count). The highest BCUT2D eigenvalue weighted by molar-refractivity contribution is 6.32. The highest BCUT2D eigenvalue weighted by Gasteiger charge is 2.38. The lowest BCUT2D eigenvalue weighted by Crippen LogP contribution is -2.25. The largest absolute Gasteiger partial charge is 0.497 e. The van der Waals surface area contributed by atoms with Crippen LogP contribution in [0.25, 0.3) is 28.1 Å². The Morgan fingerprint density at radius 1 is 1.32 bits per heavy atom. The Kier molecular flexibility index (Phi) is 5.81. The van der Waals surface area contributed by atoms with Gasteiger partial charge in [-0.05, 0) is 48.4 Å². The van der Waals surface area contributed by atoms with Gasteiger partial charge in [-0.15, -0.1) is 0 Å². The molecule has 0 saturated heterocycles. The van der Waals surface area contributed by atoms with E-state index in [0.717, 1.165) is 17.4 Å². The van der Waals surface area contributed by atoms with Crippen molar-refractivity contribution in [2.24, 2.45) is 17.8 Å². The number of furan rings is 1. The lowest BCUT2D eigenvalue weighted by Gasteiger charge is -2.21. The van der Waals surface area contributed by atoms with Gasteiger partial charge in [-0.1, -0.05) is 32.0 Å². The van der Waals surface area contributed by atoms with E-state index in [9.17, 15) is 5.11 Å². The van der Waals surface area contributed by atoms with Gasteiger partial charge < -0.3 is 25.3 Å². The molecule has 3 aromatic rings. The summed E-state index contributed by atoms with van der Waals surface area (Å²) >= 11 is 6.50. The van der Waals surface area contributed by atoms with Crippen LogP contribution in [0.15, 0.2) is 35.3 Å². The van der Waals surface area contributed by atoms with Crippen LogP contribution in [-0.2, 0) is 4.74 Å². The van der Waals surface area contributed by atoms with Crippen LogP contribution in [0.1, 0.15) is 25.8 Å². The Bertz CT molecular complexity index is 1130. The number of halogens is 1. The second kappa shape index (κ2) is 8.40. The number of anilines is 2. The zero-order chi connectivity index (χ0) is 22.3. The maximum atomic E-state index is 9.69. The molecule has 4 atom stereocenters. The fourth-order valence-electron chi connectivity index (χ4n) is 4.39. The maximum absolute atomic E-state index is 9.69. The normalized spacial score (nSPS) is 23.3. The van der Waals surface area contributed by atoms with Gasteiger partial charge in [0.05, 0.1) is 12.7 Å². The second-order valence-corrected chi connectivity index (χ2v) is 8.59. The lowest BCUT2D eigenvalue weighted by atomic mass is 9.92. The number of nitrogens with two attached hydrogens (primary N) is 1. The third-order valence-corrected chi connectivity index (χ3v) is 6.81. The molecular weight excluding hydrogens is 416 g/mol. The number of rotatable bonds is 6. The molecule has 31 heavy (non-hydrogen) atoms. The molecule has 0 amide bonds. The molecule has 0 unspecified atom stereocenters. The zero-order valence-electron chi connectivity index (χ0n) is 17.9. The van der Waals surface area contributed by atoms with Crippen molar-refractivity contribution in [3.8, 4) is 11.3 Å². The van der Waals surface area contributed by atoms with E-state index in [2.05, 4.69) is 35.7 Å². The van der Waals surface area contributed by atoms with Crippen molar-refractivity contribution in [1.29, 1.82) is 0 Å². The Morgan fingerprint density at radius 2 is 2.10 bits per heavy atom. The quantitative estimate of drug-likeness (QED) is 0.371. The molecule has 1 aliphatic rings. The molecule has 1 aromatic carbocycles. The molecule has 4 N–H and O–H groups in total. The predicted octanol–water partition coefficient (Wildman–Crippen LogP) is 4.81. The molecule has 8 heteroatoms. The van der Waals surface area contributed by atoms with Crippen LogP contribution >= 0.6 is 11.6 Å². The molecule has 0 bridgehead atoms. The summed E-state index contributed by atoms with van der Waals surface area (Å²) in [5.74, 6) is 2.70. The van der Waals surface area contributed by atoms with Gasteiger partial charge in [-0.25, -0.2) is 4.98 Å². The number of fused-ring (bicyclic) bond motifs is 1. The van der Waals surface area contributed by atoms with Gasteiger partial charge in [0, 0.05) is 23.6 Å². The Hall–Kier alpha value is -2.77. The molecule has 1 saturated carbocycles. The summed E-state index contributed by atoms with van der Waals surface area (Å²) in [5, 5.41) is 14.3. The number of aromatic nitrogens is 2. The number of ether oxygens (including phenoxy) is 1. The standard InChI is InChI=1S/C23H27ClN4O3/c1-11-12(2)17(8-16(11)10-29)26-22-20(21(24)27-23(25)28-22)19-9-15-7-14(13(3)30-4)5-6-18(15)31-19/h5-7,9,11-12,16-17,29H,3,8,10H2,1-2,4H3,(H3,25,26,27,28)/t11-,12+,16+,17+/m0/s1. The van der Waals surface area contributed by atoms with Crippen LogP contribution in [-0.4, -0.2) is 34.8 Å². The summed E-state index contributed by atoms with van der Waals surface area (Å²) < 4.78 is 11.3. The van der Waals surface area contributed by atoms with Crippen molar-refractivity contribution < 1.29 is 14.3 Å². The van der Waals surface area contributed by atoms with Gasteiger partial charge in [-0.3, -0.25) is 0 Å². The number of hydrogen-bond donors (Lipinski definition) is 3. The van der Waals surface area contributed by atoms with Gasteiger partial charge in [0.15, 0.2) is 0 Å². The summed E-state index contributed by atoms with van der Waals surface area (Å²) in [7, 11) is 1.59. The average Bonchev–Trinajstić information content (AvgIpc) is 3.27. The lowest BCUT2D eigenvalue weighted by molar-refractivity contribution is 0.191. The van der Waals surface area contributed by atoms with Crippen LogP contribution in [0.4, 0.5) is 11.8 Å². The SMILES string of the molecule is C=C(OC)c1ccc2oc(-c3c(Cl)nc(N)nc3N[C@@H]3C[C@H](CO)[C@@H](C)[C@H]3C)cc2c1. The van der Waals surface area contributed by atoms with Crippen molar-refractivity contribution in [3.63, 3.8) is 0 Å². The molecule has 2 aromatic heterocycles. The van der Waals surface area contributed by atoms with E-state index < -0.39 is 0 Å². The number of nitrogens with one attached hydrogen (secondary N) is 1. The number of aliphatic hydroxyl groups is 1. The van der Waals surface area contributed by atoms with Crippen LogP contribution in [0, 0.1) is 17.8 Å². The number of nitrogens with zero attached hydrogens (tertiary/aromatic N) is 2. The second-order valence-electron chi connectivity index (χ2n) is 8.23. The van der Waals surface area contributed by atoms with Gasteiger partial charge in [0.2, 0.25) is 5.95 Å². The number of benzene rings is 1. The number of aliphatic hydroxyl groups excluding tert-OH is 1. The minimum atomic E-state index is 0.0865. The molecular formula is C23H27ClN4O3. The van der Waals surface area contributed by atoms with Gasteiger partial charge in [0.1, 0.15) is 28.1 Å². The highest BCUT2D eigenvalue weighted by Crippen LogP contribution is 2.41. The smallest absolute Gasteiger partial charge is 0.223 e. The number of methoxy groups -OCH3 is 1. The third kappa shape index (κ3) is 3.95. The number of nitrogen functional groups attached to an aromatic ring is 1. The molecule has 1 fully saturated rings. The fourth-order valence-corrected chi connectivity index (χ4v) is 4.66. The molecule has 0 radical (unpaired) electrons. The molecule has 0 spiro atoms. The van der Waals surface area contributed by atoms with Crippen molar-refractivity contribution in [2.45, 2.75) is 26.3 Å². The van der Waals surface area contributed by atoms with Crippen molar-refractivity contribution in [2.75, 3.05) is 24.8 Å². The molecule has 1 aliphatic carbocycles. The monoisotopic (exact) mass is 442 g/mol. The summed E-state index contributed by atoms with van der Waals surface area (Å²) in [5.41, 5.74) is 8.02. The summed E-state index contributed by atoms with van der Waals surface area (Å²) in [4.78, 5) is 8.57. The van der Waals surface area contributed by atoms with Crippen LogP contribution in [0.5, 0.6) is 0 Å². The van der Waals surface area contributed by atoms with E-state index in [-0.39, 0.29) is 29.7 Å². The van der Waals surface area contributed by atoms with E-state index in [4.69, 9.17) is 26.5 Å². The Labute approximate surface area is 186 Å². The Balaban J connectivity index is 1.74. The van der Waals surface area contributed by atoms with E-state index in [1.54, 1.807) is 7.11 Å². The van der Waals surface area contributed by atoms with Crippen LogP contribution in [0.3, 0.4) is 0 Å². The number of hydrogen-bond acceptors (Lipinski definition) is 7. The van der Waals surface area contributed by atoms with E-state index in [1.165, 1.54) is 0 Å². The first-order chi connectivity index (χ1) is 14.8. The Morgan fingerprint density at radius 3 is 2.77 bits per heavy atom. The van der Waals surface area contributed by atoms with Gasteiger partial charge in [0.25, 0.3) is 0 Å². The fraction of sp³-hybridized carbons (Fsp3) is 0.391. The van der Waals surface area contributed by atoms with E-state index >= 15 is 0 Å². The third-order valence-electron chi connectivity index (χ3n) is 6.53. The van der Waals surface area contributed by atoms with Gasteiger partial charge >= 0.3 is 0 Å². The topological polar surface area (TPSA) is 106 Å². The predicted molar refractivity (Wildman–Crippen MR) is 124 cm³/mol. The molecule has 164 valence electrons. The highest BCUT2D eigenvalue weighted by atomic mass is 35.5. The molecule has 7 nitrogen and oxygen atoms in total. The van der Waals surface area contributed by atoms with Gasteiger partial charge in [-0.2, -0.15) is 4.98 Å². The average molecular weight is 443 g/mol.